The van der Waals surface area contributed by atoms with Crippen molar-refractivity contribution in [3.63, 3.8) is 0 Å². The molecule has 0 aromatic heterocycles. The molecule has 1 fully saturated rings. The Bertz CT molecular complexity index is 1030. The summed E-state index contributed by atoms with van der Waals surface area (Å²) in [5.41, 5.74) is -1.00. The van der Waals surface area contributed by atoms with Crippen LogP contribution in [0.4, 0.5) is 14.9 Å². The minimum absolute atomic E-state index is 0.0575. The third kappa shape index (κ3) is 3.95. The number of imide groups is 1. The zero-order valence-corrected chi connectivity index (χ0v) is 18.0. The van der Waals surface area contributed by atoms with E-state index >= 15 is 0 Å². The van der Waals surface area contributed by atoms with E-state index in [9.17, 15) is 18.8 Å². The van der Waals surface area contributed by atoms with Crippen LogP contribution in [0.2, 0.25) is 0 Å². The maximum absolute atomic E-state index is 13.9. The highest BCUT2D eigenvalue weighted by Gasteiger charge is 2.49. The van der Waals surface area contributed by atoms with Gasteiger partial charge in [-0.05, 0) is 42.8 Å². The van der Waals surface area contributed by atoms with Gasteiger partial charge in [-0.3, -0.25) is 14.5 Å². The van der Waals surface area contributed by atoms with Crippen molar-refractivity contribution in [3.05, 3.63) is 52.3 Å². The van der Waals surface area contributed by atoms with Crippen LogP contribution in [-0.4, -0.2) is 43.5 Å². The number of carbonyl (C=O) groups excluding carboxylic acids is 3. The summed E-state index contributed by atoms with van der Waals surface area (Å²) in [6.45, 7) is 0.962. The molecule has 1 heterocycles. The van der Waals surface area contributed by atoms with Gasteiger partial charge >= 0.3 is 6.03 Å². The van der Waals surface area contributed by atoms with E-state index in [1.54, 1.807) is 24.3 Å². The quantitative estimate of drug-likeness (QED) is 0.620. The Hall–Kier alpha value is -3.14. The van der Waals surface area contributed by atoms with Crippen LogP contribution in [-0.2, 0) is 15.1 Å². The van der Waals surface area contributed by atoms with Crippen molar-refractivity contribution < 1.29 is 28.2 Å². The Morgan fingerprint density at radius 3 is 2.50 bits per heavy atom. The van der Waals surface area contributed by atoms with E-state index in [1.165, 1.54) is 33.3 Å². The van der Waals surface area contributed by atoms with Gasteiger partial charge in [-0.25, -0.2) is 9.18 Å². The van der Waals surface area contributed by atoms with Crippen LogP contribution >= 0.6 is 15.9 Å². The number of anilines is 1. The molecule has 10 heteroatoms. The molecule has 8 nitrogen and oxygen atoms in total. The smallest absolute Gasteiger partial charge is 0.325 e. The van der Waals surface area contributed by atoms with Gasteiger partial charge in [0.05, 0.1) is 19.9 Å². The minimum atomic E-state index is -1.40. The molecule has 3 rings (SSSR count). The molecule has 0 spiro atoms. The van der Waals surface area contributed by atoms with Gasteiger partial charge in [-0.2, -0.15) is 0 Å². The van der Waals surface area contributed by atoms with E-state index in [1.807, 2.05) is 0 Å². The van der Waals surface area contributed by atoms with Gasteiger partial charge in [0.2, 0.25) is 5.91 Å². The lowest BCUT2D eigenvalue weighted by atomic mass is 9.91. The molecule has 0 radical (unpaired) electrons. The lowest BCUT2D eigenvalue weighted by Gasteiger charge is -2.23. The first-order valence-electron chi connectivity index (χ1n) is 8.81. The number of rotatable bonds is 6. The standard InChI is InChI=1S/C20H19BrFN3O5/c1-20(11-4-7-15(29-2)16(8-11)30-3)18(27)25(19(28)24-20)10-17(26)23-14-6-5-12(21)9-13(14)22/h4-9H,10H2,1-3H3,(H,23,26)(H,24,28)/t20-/m0/s1. The number of hydrogen-bond acceptors (Lipinski definition) is 5. The number of halogens is 2. The van der Waals surface area contributed by atoms with Crippen molar-refractivity contribution in [2.75, 3.05) is 26.1 Å². The molecule has 2 aromatic carbocycles. The normalized spacial score (nSPS) is 18.2. The van der Waals surface area contributed by atoms with Crippen LogP contribution in [0, 0.1) is 5.82 Å². The molecule has 1 aliphatic rings. The number of ether oxygens (including phenoxy) is 2. The lowest BCUT2D eigenvalue weighted by Crippen LogP contribution is -2.42. The molecule has 0 aliphatic carbocycles. The van der Waals surface area contributed by atoms with Crippen LogP contribution in [0.15, 0.2) is 40.9 Å². The van der Waals surface area contributed by atoms with Crippen molar-refractivity contribution >= 4 is 39.5 Å². The first-order valence-corrected chi connectivity index (χ1v) is 9.60. The van der Waals surface area contributed by atoms with E-state index in [0.717, 1.165) is 4.90 Å². The SMILES string of the molecule is COc1ccc([C@]2(C)NC(=O)N(CC(=O)Nc3ccc(Br)cc3F)C2=O)cc1OC. The van der Waals surface area contributed by atoms with Crippen molar-refractivity contribution in [3.8, 4) is 11.5 Å². The highest BCUT2D eigenvalue weighted by atomic mass is 79.9. The summed E-state index contributed by atoms with van der Waals surface area (Å²) in [6, 6.07) is 8.21. The number of urea groups is 1. The van der Waals surface area contributed by atoms with Gasteiger partial charge in [0.1, 0.15) is 17.9 Å². The third-order valence-corrected chi connectivity index (χ3v) is 5.24. The number of benzene rings is 2. The Balaban J connectivity index is 1.79. The molecule has 2 aromatic rings. The predicted molar refractivity (Wildman–Crippen MR) is 110 cm³/mol. The van der Waals surface area contributed by atoms with E-state index in [4.69, 9.17) is 9.47 Å². The molecule has 2 N–H and O–H groups in total. The maximum atomic E-state index is 13.9. The number of carbonyl (C=O) groups is 3. The summed E-state index contributed by atoms with van der Waals surface area (Å²) in [5.74, 6) is -1.12. The summed E-state index contributed by atoms with van der Waals surface area (Å²) >= 11 is 3.13. The summed E-state index contributed by atoms with van der Waals surface area (Å²) in [5, 5.41) is 4.96. The van der Waals surface area contributed by atoms with Crippen molar-refractivity contribution in [1.29, 1.82) is 0 Å². The fourth-order valence-corrected chi connectivity index (χ4v) is 3.44. The second-order valence-corrected chi connectivity index (χ2v) is 7.60. The third-order valence-electron chi connectivity index (χ3n) is 4.74. The largest absolute Gasteiger partial charge is 0.493 e. The number of methoxy groups -OCH3 is 2. The fourth-order valence-electron chi connectivity index (χ4n) is 3.11. The topological polar surface area (TPSA) is 97.0 Å². The highest BCUT2D eigenvalue weighted by Crippen LogP contribution is 2.35. The second kappa shape index (κ2) is 8.31. The van der Waals surface area contributed by atoms with Crippen LogP contribution in [0.1, 0.15) is 12.5 Å². The molecule has 1 saturated heterocycles. The van der Waals surface area contributed by atoms with Gasteiger partial charge in [0, 0.05) is 4.47 Å². The van der Waals surface area contributed by atoms with Crippen molar-refractivity contribution in [1.82, 2.24) is 10.2 Å². The molecule has 0 unspecified atom stereocenters. The van der Waals surface area contributed by atoms with Crippen LogP contribution < -0.4 is 20.1 Å². The first kappa shape index (κ1) is 21.6. The molecular formula is C20H19BrFN3O5. The summed E-state index contributed by atoms with van der Waals surface area (Å²) in [6.07, 6.45) is 0. The Labute approximate surface area is 180 Å². The Kier molecular flexibility index (Phi) is 5.97. The molecule has 30 heavy (non-hydrogen) atoms. The second-order valence-electron chi connectivity index (χ2n) is 6.69. The molecule has 0 bridgehead atoms. The first-order chi connectivity index (χ1) is 14.2. The molecule has 4 amide bonds. The van der Waals surface area contributed by atoms with Crippen LogP contribution in [0.25, 0.3) is 0 Å². The van der Waals surface area contributed by atoms with Crippen LogP contribution in [0.3, 0.4) is 0 Å². The maximum Gasteiger partial charge on any atom is 0.325 e. The molecular weight excluding hydrogens is 461 g/mol. The molecule has 1 aliphatic heterocycles. The van der Waals surface area contributed by atoms with Gasteiger partial charge in [0.25, 0.3) is 5.91 Å². The zero-order chi connectivity index (χ0) is 22.1. The number of nitrogens with one attached hydrogen (secondary N) is 2. The molecule has 158 valence electrons. The highest BCUT2D eigenvalue weighted by molar-refractivity contribution is 9.10. The van der Waals surface area contributed by atoms with E-state index < -0.39 is 35.7 Å². The molecule has 1 atom stereocenters. The molecule has 0 saturated carbocycles. The summed E-state index contributed by atoms with van der Waals surface area (Å²) < 4.78 is 24.9. The monoisotopic (exact) mass is 479 g/mol. The van der Waals surface area contributed by atoms with Gasteiger partial charge < -0.3 is 20.1 Å². The Morgan fingerprint density at radius 1 is 1.17 bits per heavy atom. The van der Waals surface area contributed by atoms with E-state index in [0.29, 0.717) is 21.5 Å². The lowest BCUT2D eigenvalue weighted by molar-refractivity contribution is -0.133. The van der Waals surface area contributed by atoms with Crippen molar-refractivity contribution in [2.45, 2.75) is 12.5 Å². The van der Waals surface area contributed by atoms with Gasteiger partial charge in [-0.15, -0.1) is 0 Å². The minimum Gasteiger partial charge on any atom is -0.493 e. The van der Waals surface area contributed by atoms with Crippen molar-refractivity contribution in [2.24, 2.45) is 0 Å². The average Bonchev–Trinajstić information content (AvgIpc) is 2.93. The summed E-state index contributed by atoms with van der Waals surface area (Å²) in [4.78, 5) is 38.5. The number of hydrogen-bond donors (Lipinski definition) is 2. The summed E-state index contributed by atoms with van der Waals surface area (Å²) in [7, 11) is 2.94. The van der Waals surface area contributed by atoms with Crippen LogP contribution in [0.5, 0.6) is 11.5 Å². The predicted octanol–water partition coefficient (Wildman–Crippen LogP) is 3.01. The van der Waals surface area contributed by atoms with E-state index in [2.05, 4.69) is 26.6 Å². The number of amides is 4. The van der Waals surface area contributed by atoms with Gasteiger partial charge in [0.15, 0.2) is 11.5 Å². The zero-order valence-electron chi connectivity index (χ0n) is 16.4. The Morgan fingerprint density at radius 2 is 1.87 bits per heavy atom. The number of nitrogens with zero attached hydrogens (tertiary/aromatic N) is 1. The van der Waals surface area contributed by atoms with E-state index in [-0.39, 0.29) is 5.69 Å². The van der Waals surface area contributed by atoms with Gasteiger partial charge in [-0.1, -0.05) is 22.0 Å². The fraction of sp³-hybridized carbons (Fsp3) is 0.250. The average molecular weight is 480 g/mol.